The first-order valence-electron chi connectivity index (χ1n) is 6.46. The highest BCUT2D eigenvalue weighted by Crippen LogP contribution is 2.22. The van der Waals surface area contributed by atoms with Crippen molar-refractivity contribution in [1.29, 1.82) is 0 Å². The molecule has 0 aromatic carbocycles. The van der Waals surface area contributed by atoms with Gasteiger partial charge in [0.15, 0.2) is 0 Å². The van der Waals surface area contributed by atoms with Crippen molar-refractivity contribution in [3.05, 3.63) is 0 Å². The average molecular weight is 277 g/mol. The molecule has 0 spiro atoms. The van der Waals surface area contributed by atoms with Gasteiger partial charge in [0.1, 0.15) is 0 Å². The Bertz CT molecular complexity index is 375. The molecule has 7 heteroatoms. The lowest BCUT2D eigenvalue weighted by Crippen LogP contribution is -2.53. The van der Waals surface area contributed by atoms with Crippen LogP contribution in [0.5, 0.6) is 0 Å². The number of carbonyl (C=O) groups excluding carboxylic acids is 1. The maximum absolute atomic E-state index is 12.1. The van der Waals surface area contributed by atoms with Crippen molar-refractivity contribution < 1.29 is 13.2 Å². The van der Waals surface area contributed by atoms with Gasteiger partial charge in [-0.05, 0) is 25.8 Å². The Labute approximate surface area is 109 Å². The summed E-state index contributed by atoms with van der Waals surface area (Å²) in [6, 6.07) is 0. The van der Waals surface area contributed by atoms with E-state index >= 15 is 0 Å². The van der Waals surface area contributed by atoms with E-state index in [0.29, 0.717) is 6.54 Å². The van der Waals surface area contributed by atoms with Crippen LogP contribution in [0.25, 0.3) is 0 Å². The SMILES string of the molecule is CCNS(=O)(=O)CCNC(=O)C1(CC)CCCN1. The van der Waals surface area contributed by atoms with Crippen LogP contribution in [0, 0.1) is 0 Å². The Morgan fingerprint density at radius 3 is 2.61 bits per heavy atom. The van der Waals surface area contributed by atoms with Gasteiger partial charge in [-0.2, -0.15) is 0 Å². The maximum Gasteiger partial charge on any atom is 0.240 e. The molecule has 0 aromatic heterocycles. The normalized spacial score (nSPS) is 24.1. The highest BCUT2D eigenvalue weighted by molar-refractivity contribution is 7.89. The molecule has 1 saturated heterocycles. The summed E-state index contributed by atoms with van der Waals surface area (Å²) in [7, 11) is -3.26. The standard InChI is InChI=1S/C11H23N3O3S/c1-3-11(6-5-7-13-11)10(15)12-8-9-18(16,17)14-4-2/h13-14H,3-9H2,1-2H3,(H,12,15). The van der Waals surface area contributed by atoms with E-state index in [1.54, 1.807) is 6.92 Å². The number of sulfonamides is 1. The van der Waals surface area contributed by atoms with Crippen molar-refractivity contribution in [2.75, 3.05) is 25.4 Å². The summed E-state index contributed by atoms with van der Waals surface area (Å²) < 4.78 is 25.2. The number of amides is 1. The van der Waals surface area contributed by atoms with Gasteiger partial charge in [-0.1, -0.05) is 13.8 Å². The maximum atomic E-state index is 12.1. The molecule has 1 atom stereocenters. The van der Waals surface area contributed by atoms with E-state index in [0.717, 1.165) is 25.8 Å². The van der Waals surface area contributed by atoms with Gasteiger partial charge in [0.05, 0.1) is 11.3 Å². The molecule has 1 amide bonds. The molecule has 106 valence electrons. The van der Waals surface area contributed by atoms with Gasteiger partial charge in [0.2, 0.25) is 15.9 Å². The smallest absolute Gasteiger partial charge is 0.240 e. The van der Waals surface area contributed by atoms with Crippen molar-refractivity contribution in [2.24, 2.45) is 0 Å². The van der Waals surface area contributed by atoms with E-state index < -0.39 is 15.6 Å². The van der Waals surface area contributed by atoms with Gasteiger partial charge < -0.3 is 10.6 Å². The van der Waals surface area contributed by atoms with Gasteiger partial charge in [-0.25, -0.2) is 13.1 Å². The van der Waals surface area contributed by atoms with E-state index in [-0.39, 0.29) is 18.2 Å². The lowest BCUT2D eigenvalue weighted by molar-refractivity contribution is -0.127. The van der Waals surface area contributed by atoms with Crippen LogP contribution >= 0.6 is 0 Å². The molecule has 0 saturated carbocycles. The van der Waals surface area contributed by atoms with Crippen LogP contribution in [0.4, 0.5) is 0 Å². The van der Waals surface area contributed by atoms with Gasteiger partial charge >= 0.3 is 0 Å². The van der Waals surface area contributed by atoms with Crippen LogP contribution in [0.2, 0.25) is 0 Å². The van der Waals surface area contributed by atoms with Crippen molar-refractivity contribution in [2.45, 2.75) is 38.6 Å². The minimum absolute atomic E-state index is 0.0770. The second-order valence-corrected chi connectivity index (χ2v) is 6.47. The molecule has 0 radical (unpaired) electrons. The summed E-state index contributed by atoms with van der Waals surface area (Å²) in [6.07, 6.45) is 2.52. The average Bonchev–Trinajstić information content (AvgIpc) is 2.78. The summed E-state index contributed by atoms with van der Waals surface area (Å²) >= 11 is 0. The second-order valence-electron chi connectivity index (χ2n) is 4.54. The lowest BCUT2D eigenvalue weighted by atomic mass is 9.93. The van der Waals surface area contributed by atoms with E-state index in [1.165, 1.54) is 0 Å². The van der Waals surface area contributed by atoms with Crippen LogP contribution < -0.4 is 15.4 Å². The third-order valence-electron chi connectivity index (χ3n) is 3.30. The molecular formula is C11H23N3O3S. The molecular weight excluding hydrogens is 254 g/mol. The fraction of sp³-hybridized carbons (Fsp3) is 0.909. The molecule has 6 nitrogen and oxygen atoms in total. The first kappa shape index (κ1) is 15.4. The van der Waals surface area contributed by atoms with Crippen molar-refractivity contribution in [3.63, 3.8) is 0 Å². The van der Waals surface area contributed by atoms with Gasteiger partial charge in [-0.15, -0.1) is 0 Å². The lowest BCUT2D eigenvalue weighted by Gasteiger charge is -2.26. The van der Waals surface area contributed by atoms with Crippen molar-refractivity contribution in [3.8, 4) is 0 Å². The number of carbonyl (C=O) groups is 1. The fourth-order valence-corrected chi connectivity index (χ4v) is 3.18. The van der Waals surface area contributed by atoms with Crippen molar-refractivity contribution >= 4 is 15.9 Å². The van der Waals surface area contributed by atoms with Crippen LogP contribution in [-0.2, 0) is 14.8 Å². The Hall–Kier alpha value is -0.660. The Balaban J connectivity index is 2.42. The van der Waals surface area contributed by atoms with Crippen molar-refractivity contribution in [1.82, 2.24) is 15.4 Å². The number of hydrogen-bond donors (Lipinski definition) is 3. The van der Waals surface area contributed by atoms with Crippen LogP contribution in [0.15, 0.2) is 0 Å². The summed E-state index contributed by atoms with van der Waals surface area (Å²) in [5, 5.41) is 5.93. The van der Waals surface area contributed by atoms with Gasteiger partial charge in [-0.3, -0.25) is 4.79 Å². The predicted molar refractivity (Wildman–Crippen MR) is 70.7 cm³/mol. The second kappa shape index (κ2) is 6.49. The number of rotatable bonds is 7. The Morgan fingerprint density at radius 2 is 2.11 bits per heavy atom. The molecule has 1 fully saturated rings. The van der Waals surface area contributed by atoms with Gasteiger partial charge in [0.25, 0.3) is 0 Å². The molecule has 1 rings (SSSR count). The first-order valence-corrected chi connectivity index (χ1v) is 8.11. The summed E-state index contributed by atoms with van der Waals surface area (Å²) in [5.74, 6) is -0.166. The molecule has 3 N–H and O–H groups in total. The Morgan fingerprint density at radius 1 is 1.39 bits per heavy atom. The fourth-order valence-electron chi connectivity index (χ4n) is 2.22. The zero-order valence-corrected chi connectivity index (χ0v) is 11.9. The third-order valence-corrected chi connectivity index (χ3v) is 4.77. The van der Waals surface area contributed by atoms with E-state index in [1.807, 2.05) is 6.92 Å². The molecule has 0 aromatic rings. The van der Waals surface area contributed by atoms with E-state index in [9.17, 15) is 13.2 Å². The first-order chi connectivity index (χ1) is 8.46. The number of nitrogens with one attached hydrogen (secondary N) is 3. The van der Waals surface area contributed by atoms with E-state index in [2.05, 4.69) is 15.4 Å². The minimum atomic E-state index is -3.26. The summed E-state index contributed by atoms with van der Waals surface area (Å²) in [6.45, 7) is 5.06. The number of hydrogen-bond acceptors (Lipinski definition) is 4. The largest absolute Gasteiger partial charge is 0.353 e. The van der Waals surface area contributed by atoms with Crippen LogP contribution in [-0.4, -0.2) is 45.3 Å². The van der Waals surface area contributed by atoms with Crippen LogP contribution in [0.3, 0.4) is 0 Å². The molecule has 0 bridgehead atoms. The summed E-state index contributed by atoms with van der Waals surface area (Å²) in [5.41, 5.74) is -0.498. The molecule has 1 aliphatic rings. The highest BCUT2D eigenvalue weighted by atomic mass is 32.2. The van der Waals surface area contributed by atoms with Gasteiger partial charge in [0, 0.05) is 13.1 Å². The molecule has 1 heterocycles. The zero-order valence-electron chi connectivity index (χ0n) is 11.1. The summed E-state index contributed by atoms with van der Waals surface area (Å²) in [4.78, 5) is 12.1. The molecule has 1 unspecified atom stereocenters. The zero-order chi connectivity index (χ0) is 13.6. The third kappa shape index (κ3) is 3.93. The minimum Gasteiger partial charge on any atom is -0.353 e. The van der Waals surface area contributed by atoms with E-state index in [4.69, 9.17) is 0 Å². The quantitative estimate of drug-likeness (QED) is 0.589. The predicted octanol–water partition coefficient (Wildman–Crippen LogP) is -0.426. The molecule has 18 heavy (non-hydrogen) atoms. The molecule has 0 aliphatic carbocycles. The highest BCUT2D eigenvalue weighted by Gasteiger charge is 2.38. The molecule has 1 aliphatic heterocycles. The Kier molecular flexibility index (Phi) is 5.55. The topological polar surface area (TPSA) is 87.3 Å². The van der Waals surface area contributed by atoms with Crippen LogP contribution in [0.1, 0.15) is 33.1 Å². The monoisotopic (exact) mass is 277 g/mol.